The Kier molecular flexibility index (Phi) is 4.15. The number of nitrogens with zero attached hydrogens (tertiary/aromatic N) is 1. The van der Waals surface area contributed by atoms with Gasteiger partial charge < -0.3 is 5.32 Å². The zero-order valence-corrected chi connectivity index (χ0v) is 13.4. The molecule has 0 saturated heterocycles. The Hall–Kier alpha value is -2.62. The molecule has 4 nitrogen and oxygen atoms in total. The number of carbonyl (C=O) groups is 2. The van der Waals surface area contributed by atoms with Gasteiger partial charge in [0.05, 0.1) is 0 Å². The molecule has 1 aliphatic heterocycles. The van der Waals surface area contributed by atoms with E-state index in [-0.39, 0.29) is 11.8 Å². The molecule has 118 valence electrons. The predicted octanol–water partition coefficient (Wildman–Crippen LogP) is 3.17. The number of rotatable bonds is 3. The van der Waals surface area contributed by atoms with Gasteiger partial charge in [-0.15, -0.1) is 0 Å². The number of hydrogen-bond donors (Lipinski definition) is 1. The molecule has 2 aromatic carbocycles. The molecule has 1 aliphatic rings. The van der Waals surface area contributed by atoms with Crippen molar-refractivity contribution in [3.8, 4) is 0 Å². The van der Waals surface area contributed by atoms with E-state index < -0.39 is 6.04 Å². The molecule has 0 unspecified atom stereocenters. The SMILES string of the molecule is CCc1ccc(NC(=O)[C@H]2Cc3ccccc3N2C(C)=O)cc1. The zero-order valence-electron chi connectivity index (χ0n) is 13.4. The van der Waals surface area contributed by atoms with Gasteiger partial charge in [-0.05, 0) is 35.7 Å². The van der Waals surface area contributed by atoms with Gasteiger partial charge in [0.2, 0.25) is 11.8 Å². The van der Waals surface area contributed by atoms with Crippen molar-refractivity contribution in [1.82, 2.24) is 0 Å². The smallest absolute Gasteiger partial charge is 0.247 e. The van der Waals surface area contributed by atoms with Gasteiger partial charge in [0.25, 0.3) is 0 Å². The highest BCUT2D eigenvalue weighted by Crippen LogP contribution is 2.32. The first-order valence-corrected chi connectivity index (χ1v) is 7.87. The third-order valence-corrected chi connectivity index (χ3v) is 4.25. The summed E-state index contributed by atoms with van der Waals surface area (Å²) in [5.41, 5.74) is 3.85. The number of carbonyl (C=O) groups excluding carboxylic acids is 2. The Morgan fingerprint density at radius 3 is 2.48 bits per heavy atom. The fourth-order valence-electron chi connectivity index (χ4n) is 3.03. The molecule has 0 spiro atoms. The summed E-state index contributed by atoms with van der Waals surface area (Å²) in [7, 11) is 0. The van der Waals surface area contributed by atoms with Gasteiger partial charge in [-0.25, -0.2) is 0 Å². The number of fused-ring (bicyclic) bond motifs is 1. The van der Waals surface area contributed by atoms with Crippen molar-refractivity contribution in [2.75, 3.05) is 10.2 Å². The molecule has 0 aromatic heterocycles. The van der Waals surface area contributed by atoms with Crippen molar-refractivity contribution >= 4 is 23.2 Å². The van der Waals surface area contributed by atoms with E-state index >= 15 is 0 Å². The van der Waals surface area contributed by atoms with Gasteiger partial charge in [0.15, 0.2) is 0 Å². The van der Waals surface area contributed by atoms with E-state index in [1.165, 1.54) is 12.5 Å². The van der Waals surface area contributed by atoms with E-state index in [2.05, 4.69) is 12.2 Å². The maximum atomic E-state index is 12.6. The lowest BCUT2D eigenvalue weighted by Crippen LogP contribution is -2.44. The Morgan fingerprint density at radius 1 is 1.13 bits per heavy atom. The fraction of sp³-hybridized carbons (Fsp3) is 0.263. The average molecular weight is 308 g/mol. The van der Waals surface area contributed by atoms with E-state index in [4.69, 9.17) is 0 Å². The second-order valence-electron chi connectivity index (χ2n) is 5.78. The molecular weight excluding hydrogens is 288 g/mol. The summed E-state index contributed by atoms with van der Waals surface area (Å²) in [5.74, 6) is -0.267. The molecule has 1 N–H and O–H groups in total. The third-order valence-electron chi connectivity index (χ3n) is 4.25. The molecule has 0 aliphatic carbocycles. The second kappa shape index (κ2) is 6.24. The largest absolute Gasteiger partial charge is 0.324 e. The molecule has 2 amide bonds. The summed E-state index contributed by atoms with van der Waals surface area (Å²) in [6.45, 7) is 3.59. The third kappa shape index (κ3) is 2.97. The average Bonchev–Trinajstić information content (AvgIpc) is 2.95. The van der Waals surface area contributed by atoms with Crippen LogP contribution in [-0.4, -0.2) is 17.9 Å². The van der Waals surface area contributed by atoms with Gasteiger partial charge in [-0.1, -0.05) is 37.3 Å². The normalized spacial score (nSPS) is 16.1. The number of aryl methyl sites for hydroxylation is 1. The maximum absolute atomic E-state index is 12.6. The van der Waals surface area contributed by atoms with E-state index in [1.807, 2.05) is 48.5 Å². The highest BCUT2D eigenvalue weighted by molar-refractivity contribution is 6.06. The number of nitrogens with one attached hydrogen (secondary N) is 1. The van der Waals surface area contributed by atoms with Crippen LogP contribution in [0.2, 0.25) is 0 Å². The minimum Gasteiger partial charge on any atom is -0.324 e. The molecule has 0 fully saturated rings. The van der Waals surface area contributed by atoms with Crippen molar-refractivity contribution in [3.63, 3.8) is 0 Å². The molecule has 1 heterocycles. The van der Waals surface area contributed by atoms with Gasteiger partial charge in [0.1, 0.15) is 6.04 Å². The van der Waals surface area contributed by atoms with Crippen LogP contribution in [0, 0.1) is 0 Å². The van der Waals surface area contributed by atoms with E-state index in [9.17, 15) is 9.59 Å². The molecule has 4 heteroatoms. The first kappa shape index (κ1) is 15.3. The van der Waals surface area contributed by atoms with Crippen molar-refractivity contribution in [2.45, 2.75) is 32.7 Å². The molecule has 2 aromatic rings. The van der Waals surface area contributed by atoms with Crippen molar-refractivity contribution in [2.24, 2.45) is 0 Å². The lowest BCUT2D eigenvalue weighted by Gasteiger charge is -2.23. The topological polar surface area (TPSA) is 49.4 Å². The van der Waals surface area contributed by atoms with Crippen LogP contribution in [0.15, 0.2) is 48.5 Å². The fourth-order valence-corrected chi connectivity index (χ4v) is 3.03. The molecule has 0 bridgehead atoms. The highest BCUT2D eigenvalue weighted by atomic mass is 16.2. The number of anilines is 2. The van der Waals surface area contributed by atoms with E-state index in [0.29, 0.717) is 6.42 Å². The first-order valence-electron chi connectivity index (χ1n) is 7.87. The molecule has 23 heavy (non-hydrogen) atoms. The Bertz CT molecular complexity index is 737. The Labute approximate surface area is 136 Å². The predicted molar refractivity (Wildman–Crippen MR) is 91.5 cm³/mol. The summed E-state index contributed by atoms with van der Waals surface area (Å²) in [4.78, 5) is 26.2. The van der Waals surface area contributed by atoms with Crippen LogP contribution in [0.1, 0.15) is 25.0 Å². The van der Waals surface area contributed by atoms with E-state index in [1.54, 1.807) is 4.90 Å². The summed E-state index contributed by atoms with van der Waals surface area (Å²) < 4.78 is 0. The highest BCUT2D eigenvalue weighted by Gasteiger charge is 2.36. The minimum atomic E-state index is -0.490. The molecule has 3 rings (SSSR count). The number of benzene rings is 2. The molecule has 0 saturated carbocycles. The molecular formula is C19H20N2O2. The maximum Gasteiger partial charge on any atom is 0.247 e. The van der Waals surface area contributed by atoms with Crippen molar-refractivity contribution < 1.29 is 9.59 Å². The van der Waals surface area contributed by atoms with Crippen LogP contribution in [0.5, 0.6) is 0 Å². The zero-order chi connectivity index (χ0) is 16.4. The quantitative estimate of drug-likeness (QED) is 0.947. The number of hydrogen-bond acceptors (Lipinski definition) is 2. The van der Waals surface area contributed by atoms with Crippen molar-refractivity contribution in [3.05, 3.63) is 59.7 Å². The van der Waals surface area contributed by atoms with Crippen LogP contribution < -0.4 is 10.2 Å². The summed E-state index contributed by atoms with van der Waals surface area (Å²) in [6.07, 6.45) is 1.51. The van der Waals surface area contributed by atoms with E-state index in [0.717, 1.165) is 23.4 Å². The van der Waals surface area contributed by atoms with Crippen LogP contribution >= 0.6 is 0 Å². The number of para-hydroxylation sites is 1. The summed E-state index contributed by atoms with van der Waals surface area (Å²) >= 11 is 0. The number of amides is 2. The molecule has 1 atom stereocenters. The van der Waals surface area contributed by atoms with Crippen molar-refractivity contribution in [1.29, 1.82) is 0 Å². The first-order chi connectivity index (χ1) is 11.1. The monoisotopic (exact) mass is 308 g/mol. The van der Waals surface area contributed by atoms with Gasteiger partial charge in [-0.3, -0.25) is 14.5 Å². The standard InChI is InChI=1S/C19H20N2O2/c1-3-14-8-10-16(11-9-14)20-19(23)18-12-15-6-4-5-7-17(15)21(18)13(2)22/h4-11,18H,3,12H2,1-2H3,(H,20,23)/t18-/m1/s1. The molecule has 0 radical (unpaired) electrons. The van der Waals surface area contributed by atoms with Crippen LogP contribution in [0.25, 0.3) is 0 Å². The minimum absolute atomic E-state index is 0.114. The Balaban J connectivity index is 1.80. The summed E-state index contributed by atoms with van der Waals surface area (Å²) in [6, 6.07) is 15.0. The van der Waals surface area contributed by atoms with Gasteiger partial charge in [-0.2, -0.15) is 0 Å². The lowest BCUT2D eigenvalue weighted by atomic mass is 10.1. The van der Waals surface area contributed by atoms with Gasteiger partial charge in [0, 0.05) is 24.7 Å². The van der Waals surface area contributed by atoms with Crippen LogP contribution in [0.3, 0.4) is 0 Å². The second-order valence-corrected chi connectivity index (χ2v) is 5.78. The lowest BCUT2D eigenvalue weighted by molar-refractivity contribution is -0.122. The van der Waals surface area contributed by atoms with Crippen LogP contribution in [-0.2, 0) is 22.4 Å². The van der Waals surface area contributed by atoms with Crippen LogP contribution in [0.4, 0.5) is 11.4 Å². The summed E-state index contributed by atoms with van der Waals surface area (Å²) in [5, 5.41) is 2.92. The van der Waals surface area contributed by atoms with Gasteiger partial charge >= 0.3 is 0 Å². The Morgan fingerprint density at radius 2 is 1.83 bits per heavy atom.